The molecule has 0 aliphatic rings. The molecule has 0 aromatic carbocycles. The van der Waals surface area contributed by atoms with Crippen LogP contribution in [-0.4, -0.2) is 59.8 Å². The summed E-state index contributed by atoms with van der Waals surface area (Å²) < 4.78 is 11.3. The third kappa shape index (κ3) is 6.76. The molecule has 13 heteroatoms. The second-order valence-electron chi connectivity index (χ2n) is 7.32. The molecule has 12 nitrogen and oxygen atoms in total. The Hall–Kier alpha value is -3.45. The number of nitrogen functional groups attached to an aromatic ring is 1. The molecular formula is C20H28N6O6S. The number of esters is 1. The maximum Gasteiger partial charge on any atom is 0.358 e. The highest BCUT2D eigenvalue weighted by Crippen LogP contribution is 2.19. The Kier molecular flexibility index (Phi) is 9.36. The van der Waals surface area contributed by atoms with Crippen LogP contribution in [0.2, 0.25) is 0 Å². The lowest BCUT2D eigenvalue weighted by Gasteiger charge is -2.24. The number of rotatable bonds is 12. The molecule has 0 saturated carbocycles. The van der Waals surface area contributed by atoms with Crippen LogP contribution >= 0.6 is 11.3 Å². The lowest BCUT2D eigenvalue weighted by atomic mass is 10.2. The van der Waals surface area contributed by atoms with Crippen molar-refractivity contribution in [2.45, 2.75) is 20.4 Å². The lowest BCUT2D eigenvalue weighted by Crippen LogP contribution is -2.44. The number of carbonyl (C=O) groups is 2. The summed E-state index contributed by atoms with van der Waals surface area (Å²) in [7, 11) is 1.43. The summed E-state index contributed by atoms with van der Waals surface area (Å²) in [4.78, 5) is 57.3. The number of thiazole rings is 1. The number of methoxy groups -OCH3 is 1. The molecule has 0 bridgehead atoms. The molecule has 0 aliphatic carbocycles. The maximum atomic E-state index is 12.9. The second kappa shape index (κ2) is 12.0. The minimum atomic E-state index is -0.828. The number of aromatic nitrogens is 3. The molecule has 0 saturated heterocycles. The number of aromatic amines is 1. The normalized spacial score (nSPS) is 10.8. The first-order chi connectivity index (χ1) is 15.7. The fraction of sp³-hybridized carbons (Fsp3) is 0.450. The Morgan fingerprint density at radius 1 is 1.42 bits per heavy atom. The van der Waals surface area contributed by atoms with Gasteiger partial charge in [0.1, 0.15) is 5.82 Å². The van der Waals surface area contributed by atoms with E-state index in [0.717, 1.165) is 4.90 Å². The van der Waals surface area contributed by atoms with Gasteiger partial charge in [-0.1, -0.05) is 19.9 Å². The van der Waals surface area contributed by atoms with Gasteiger partial charge in [0.2, 0.25) is 0 Å². The topological polar surface area (TPSA) is 162 Å². The van der Waals surface area contributed by atoms with E-state index in [0.29, 0.717) is 11.7 Å². The van der Waals surface area contributed by atoms with Crippen molar-refractivity contribution in [3.63, 3.8) is 0 Å². The van der Waals surface area contributed by atoms with Crippen molar-refractivity contribution in [2.75, 3.05) is 49.4 Å². The molecule has 0 spiro atoms. The number of hydrogen-bond donors (Lipinski definition) is 3. The van der Waals surface area contributed by atoms with Crippen molar-refractivity contribution >= 4 is 39.9 Å². The number of amides is 1. The van der Waals surface area contributed by atoms with Gasteiger partial charge in [0.25, 0.3) is 11.5 Å². The Morgan fingerprint density at radius 2 is 2.15 bits per heavy atom. The van der Waals surface area contributed by atoms with Crippen molar-refractivity contribution in [1.29, 1.82) is 0 Å². The summed E-state index contributed by atoms with van der Waals surface area (Å²) in [6.45, 7) is 7.41. The predicted octanol–water partition coefficient (Wildman–Crippen LogP) is 0.666. The number of nitrogens with zero attached hydrogens (tertiary/aromatic N) is 3. The van der Waals surface area contributed by atoms with E-state index in [9.17, 15) is 19.2 Å². The second-order valence-corrected chi connectivity index (χ2v) is 8.18. The molecule has 0 unspecified atom stereocenters. The zero-order valence-corrected chi connectivity index (χ0v) is 19.6. The van der Waals surface area contributed by atoms with Gasteiger partial charge in [-0.25, -0.2) is 14.6 Å². The maximum absolute atomic E-state index is 12.9. The minimum Gasteiger partial charge on any atom is -0.451 e. The first-order valence-corrected chi connectivity index (χ1v) is 11.0. The van der Waals surface area contributed by atoms with E-state index in [1.54, 1.807) is 6.08 Å². The number of nitrogens with one attached hydrogen (secondary N) is 2. The summed E-state index contributed by atoms with van der Waals surface area (Å²) in [5.41, 5.74) is 4.43. The molecule has 0 radical (unpaired) electrons. The number of H-pyrrole nitrogens is 1. The number of hydrogen-bond acceptors (Lipinski definition) is 10. The van der Waals surface area contributed by atoms with Gasteiger partial charge >= 0.3 is 11.7 Å². The van der Waals surface area contributed by atoms with Gasteiger partial charge in [-0.05, 0) is 5.92 Å². The van der Waals surface area contributed by atoms with E-state index in [4.69, 9.17) is 15.2 Å². The third-order valence-electron chi connectivity index (χ3n) is 4.29. The van der Waals surface area contributed by atoms with Gasteiger partial charge in [-0.2, -0.15) is 0 Å². The average Bonchev–Trinajstić information content (AvgIpc) is 3.24. The molecular weight excluding hydrogens is 452 g/mol. The van der Waals surface area contributed by atoms with Crippen LogP contribution in [0.1, 0.15) is 24.3 Å². The fourth-order valence-electron chi connectivity index (χ4n) is 2.82. The van der Waals surface area contributed by atoms with E-state index in [-0.39, 0.29) is 42.8 Å². The zero-order chi connectivity index (χ0) is 24.5. The van der Waals surface area contributed by atoms with E-state index >= 15 is 0 Å². The number of nitrogens with two attached hydrogens (primary N) is 1. The van der Waals surface area contributed by atoms with Crippen LogP contribution in [0.25, 0.3) is 0 Å². The molecule has 4 N–H and O–H groups in total. The molecule has 0 aliphatic heterocycles. The number of carbonyl (C=O) groups excluding carboxylic acids is 2. The van der Waals surface area contributed by atoms with Gasteiger partial charge in [0, 0.05) is 32.1 Å². The largest absolute Gasteiger partial charge is 0.451 e. The van der Waals surface area contributed by atoms with Gasteiger partial charge in [0.05, 0.1) is 6.61 Å². The van der Waals surface area contributed by atoms with E-state index in [1.807, 2.05) is 13.8 Å². The summed E-state index contributed by atoms with van der Waals surface area (Å²) in [6, 6.07) is 0. The predicted molar refractivity (Wildman–Crippen MR) is 126 cm³/mol. The minimum absolute atomic E-state index is 0.0330. The van der Waals surface area contributed by atoms with Crippen molar-refractivity contribution in [3.05, 3.63) is 44.6 Å². The smallest absolute Gasteiger partial charge is 0.358 e. The van der Waals surface area contributed by atoms with E-state index in [1.165, 1.54) is 28.4 Å². The average molecular weight is 481 g/mol. The molecule has 33 heavy (non-hydrogen) atoms. The van der Waals surface area contributed by atoms with Crippen molar-refractivity contribution < 1.29 is 19.1 Å². The van der Waals surface area contributed by atoms with Crippen LogP contribution in [0.5, 0.6) is 0 Å². The van der Waals surface area contributed by atoms with Crippen LogP contribution in [-0.2, 0) is 20.8 Å². The monoisotopic (exact) mass is 480 g/mol. The van der Waals surface area contributed by atoms with Crippen LogP contribution in [0, 0.1) is 5.92 Å². The van der Waals surface area contributed by atoms with Gasteiger partial charge in [0.15, 0.2) is 23.1 Å². The lowest BCUT2D eigenvalue weighted by molar-refractivity contribution is -0.121. The van der Waals surface area contributed by atoms with Gasteiger partial charge in [-0.3, -0.25) is 24.0 Å². The molecule has 1 amide bonds. The van der Waals surface area contributed by atoms with E-state index < -0.39 is 29.7 Å². The molecule has 2 heterocycles. The Labute approximate surface area is 194 Å². The molecule has 2 rings (SSSR count). The first kappa shape index (κ1) is 25.8. The Morgan fingerprint density at radius 3 is 2.79 bits per heavy atom. The highest BCUT2D eigenvalue weighted by Gasteiger charge is 2.26. The quantitative estimate of drug-likeness (QED) is 0.293. The summed E-state index contributed by atoms with van der Waals surface area (Å²) in [5, 5.41) is 4.94. The van der Waals surface area contributed by atoms with Gasteiger partial charge < -0.3 is 20.5 Å². The van der Waals surface area contributed by atoms with Crippen LogP contribution in [0.3, 0.4) is 0 Å². The molecule has 180 valence electrons. The molecule has 2 aromatic rings. The highest BCUT2D eigenvalue weighted by atomic mass is 32.1. The van der Waals surface area contributed by atoms with Crippen LogP contribution < -0.4 is 27.2 Å². The van der Waals surface area contributed by atoms with Crippen molar-refractivity contribution in [1.82, 2.24) is 14.5 Å². The summed E-state index contributed by atoms with van der Waals surface area (Å²) >= 11 is 1.20. The standard InChI is InChI=1S/C20H28N6O6S/c1-5-6-22-19-23-13(11-33-19)18(29)32-10-14(27)25(7-8-31-4)15-16(21)26(9-12(2)3)20(30)24-17(15)28/h5,11-12H,1,6-10,21H2,2-4H3,(H,22,23)(H,24,28,30). The number of anilines is 3. The fourth-order valence-corrected chi connectivity index (χ4v) is 3.51. The summed E-state index contributed by atoms with van der Waals surface area (Å²) in [5.74, 6) is -1.63. The Bertz CT molecular complexity index is 1110. The van der Waals surface area contributed by atoms with E-state index in [2.05, 4.69) is 21.9 Å². The summed E-state index contributed by atoms with van der Waals surface area (Å²) in [6.07, 6.45) is 1.64. The van der Waals surface area contributed by atoms with Gasteiger partial charge in [-0.15, -0.1) is 17.9 Å². The first-order valence-electron chi connectivity index (χ1n) is 10.1. The Balaban J connectivity index is 2.24. The van der Waals surface area contributed by atoms with Crippen LogP contribution in [0.4, 0.5) is 16.6 Å². The zero-order valence-electron chi connectivity index (χ0n) is 18.8. The van der Waals surface area contributed by atoms with Crippen molar-refractivity contribution in [2.24, 2.45) is 5.92 Å². The van der Waals surface area contributed by atoms with Crippen molar-refractivity contribution in [3.8, 4) is 0 Å². The molecule has 0 fully saturated rings. The van der Waals surface area contributed by atoms with Crippen LogP contribution in [0.15, 0.2) is 27.6 Å². The third-order valence-corrected chi connectivity index (χ3v) is 5.09. The molecule has 2 aromatic heterocycles. The number of ether oxygens (including phenoxy) is 2. The molecule has 0 atom stereocenters. The highest BCUT2D eigenvalue weighted by molar-refractivity contribution is 7.13. The SMILES string of the molecule is C=CCNc1nc(C(=O)OCC(=O)N(CCOC)c2c(N)n(CC(C)C)c(=O)[nH]c2=O)cs1.